The maximum atomic E-state index is 12.9. The number of oxazole rings is 1. The Morgan fingerprint density at radius 2 is 2.14 bits per heavy atom. The fourth-order valence-electron chi connectivity index (χ4n) is 1.92. The predicted octanol–water partition coefficient (Wildman–Crippen LogP) is 2.09. The fourth-order valence-corrected chi connectivity index (χ4v) is 1.92. The van der Waals surface area contributed by atoms with E-state index >= 15 is 0 Å². The van der Waals surface area contributed by atoms with E-state index in [1.54, 1.807) is 18.4 Å². The molecule has 6 heteroatoms. The Labute approximate surface area is 122 Å². The molecule has 0 radical (unpaired) electrons. The van der Waals surface area contributed by atoms with Gasteiger partial charge in [0.05, 0.1) is 5.69 Å². The molecule has 1 aliphatic carbocycles. The maximum Gasteiger partial charge on any atom is 0.226 e. The summed E-state index contributed by atoms with van der Waals surface area (Å²) in [6.45, 7) is 0.556. The molecule has 0 saturated heterocycles. The highest BCUT2D eigenvalue weighted by atomic mass is 19.1. The number of hydrogen-bond donors (Lipinski definition) is 2. The van der Waals surface area contributed by atoms with Gasteiger partial charge in [-0.3, -0.25) is 4.99 Å². The van der Waals surface area contributed by atoms with Crippen molar-refractivity contribution in [2.45, 2.75) is 25.3 Å². The molecular weight excluding hydrogens is 271 g/mol. The van der Waals surface area contributed by atoms with Crippen LogP contribution in [0.5, 0.6) is 0 Å². The fraction of sp³-hybridized carbons (Fsp3) is 0.333. The molecule has 0 amide bonds. The first kappa shape index (κ1) is 13.6. The van der Waals surface area contributed by atoms with Crippen LogP contribution in [0.15, 0.2) is 39.9 Å². The molecule has 3 rings (SSSR count). The average molecular weight is 288 g/mol. The average Bonchev–Trinajstić information content (AvgIpc) is 3.15. The summed E-state index contributed by atoms with van der Waals surface area (Å²) in [6, 6.07) is 6.55. The first-order chi connectivity index (χ1) is 10.2. The molecule has 1 aliphatic rings. The van der Waals surface area contributed by atoms with Gasteiger partial charge >= 0.3 is 0 Å². The van der Waals surface area contributed by atoms with Gasteiger partial charge in [-0.15, -0.1) is 0 Å². The molecule has 1 saturated carbocycles. The van der Waals surface area contributed by atoms with Gasteiger partial charge in [-0.2, -0.15) is 0 Å². The smallest absolute Gasteiger partial charge is 0.226 e. The Morgan fingerprint density at radius 3 is 2.86 bits per heavy atom. The second-order valence-corrected chi connectivity index (χ2v) is 5.09. The van der Waals surface area contributed by atoms with E-state index in [1.807, 2.05) is 0 Å². The van der Waals surface area contributed by atoms with E-state index in [2.05, 4.69) is 15.3 Å². The van der Waals surface area contributed by atoms with E-state index in [4.69, 9.17) is 10.2 Å². The van der Waals surface area contributed by atoms with Crippen LogP contribution in [-0.2, 0) is 6.42 Å². The van der Waals surface area contributed by atoms with Gasteiger partial charge in [-0.05, 0) is 37.1 Å². The van der Waals surface area contributed by atoms with Gasteiger partial charge in [-0.1, -0.05) is 0 Å². The zero-order valence-electron chi connectivity index (χ0n) is 11.6. The van der Waals surface area contributed by atoms with Crippen molar-refractivity contribution in [2.24, 2.45) is 10.7 Å². The molecule has 110 valence electrons. The van der Waals surface area contributed by atoms with E-state index in [9.17, 15) is 4.39 Å². The quantitative estimate of drug-likeness (QED) is 0.652. The molecule has 0 bridgehead atoms. The van der Waals surface area contributed by atoms with E-state index in [1.165, 1.54) is 25.0 Å². The molecular formula is C15H17FN4O. The van der Waals surface area contributed by atoms with Crippen LogP contribution in [0.4, 0.5) is 4.39 Å². The summed E-state index contributed by atoms with van der Waals surface area (Å²) in [5.41, 5.74) is 7.30. The number of guanidine groups is 1. The van der Waals surface area contributed by atoms with E-state index in [-0.39, 0.29) is 5.82 Å². The van der Waals surface area contributed by atoms with Crippen molar-refractivity contribution in [3.05, 3.63) is 42.0 Å². The zero-order chi connectivity index (χ0) is 14.7. The standard InChI is InChI=1S/C15H17FN4O/c16-11-3-1-10(2-4-11)14-19-13(9-21-14)7-8-18-15(17)20-12-5-6-12/h1-4,9,12H,5-8H2,(H3,17,18,20). The molecule has 1 aromatic carbocycles. The second kappa shape index (κ2) is 5.95. The molecule has 3 N–H and O–H groups in total. The maximum absolute atomic E-state index is 12.9. The van der Waals surface area contributed by atoms with Gasteiger partial charge in [0.25, 0.3) is 0 Å². The van der Waals surface area contributed by atoms with Crippen molar-refractivity contribution in [3.8, 4) is 11.5 Å². The van der Waals surface area contributed by atoms with Gasteiger partial charge in [0, 0.05) is 24.6 Å². The molecule has 0 spiro atoms. The van der Waals surface area contributed by atoms with Crippen LogP contribution in [0.2, 0.25) is 0 Å². The molecule has 1 aromatic heterocycles. The van der Waals surface area contributed by atoms with Crippen LogP contribution < -0.4 is 11.1 Å². The first-order valence-electron chi connectivity index (χ1n) is 6.97. The number of benzene rings is 1. The lowest BCUT2D eigenvalue weighted by Crippen LogP contribution is -2.33. The highest BCUT2D eigenvalue weighted by Gasteiger charge is 2.21. The van der Waals surface area contributed by atoms with Crippen LogP contribution in [0, 0.1) is 5.82 Å². The number of hydrogen-bond acceptors (Lipinski definition) is 3. The topological polar surface area (TPSA) is 76.4 Å². The van der Waals surface area contributed by atoms with Crippen LogP contribution in [0.3, 0.4) is 0 Å². The number of nitrogens with two attached hydrogens (primary N) is 1. The minimum Gasteiger partial charge on any atom is -0.444 e. The molecule has 0 unspecified atom stereocenters. The molecule has 21 heavy (non-hydrogen) atoms. The van der Waals surface area contributed by atoms with Crippen molar-refractivity contribution in [2.75, 3.05) is 6.54 Å². The second-order valence-electron chi connectivity index (χ2n) is 5.09. The summed E-state index contributed by atoms with van der Waals surface area (Å²) >= 11 is 0. The number of nitrogens with one attached hydrogen (secondary N) is 1. The number of rotatable bonds is 5. The number of aliphatic imine (C=N–C) groups is 1. The lowest BCUT2D eigenvalue weighted by atomic mass is 10.2. The van der Waals surface area contributed by atoms with Crippen molar-refractivity contribution in [1.29, 1.82) is 0 Å². The summed E-state index contributed by atoms with van der Waals surface area (Å²) in [7, 11) is 0. The third-order valence-electron chi connectivity index (χ3n) is 3.22. The molecule has 0 atom stereocenters. The van der Waals surface area contributed by atoms with Crippen LogP contribution in [-0.4, -0.2) is 23.5 Å². The highest BCUT2D eigenvalue weighted by molar-refractivity contribution is 5.78. The lowest BCUT2D eigenvalue weighted by molar-refractivity contribution is 0.572. The Hall–Kier alpha value is -2.37. The van der Waals surface area contributed by atoms with Crippen LogP contribution in [0.1, 0.15) is 18.5 Å². The van der Waals surface area contributed by atoms with Gasteiger partial charge in [0.2, 0.25) is 5.89 Å². The molecule has 1 heterocycles. The van der Waals surface area contributed by atoms with E-state index < -0.39 is 0 Å². The number of aromatic nitrogens is 1. The Bertz CT molecular complexity index is 631. The van der Waals surface area contributed by atoms with Crippen molar-refractivity contribution in [1.82, 2.24) is 10.3 Å². The number of nitrogens with zero attached hydrogens (tertiary/aromatic N) is 2. The molecule has 0 aliphatic heterocycles. The van der Waals surface area contributed by atoms with Crippen molar-refractivity contribution < 1.29 is 8.81 Å². The Kier molecular flexibility index (Phi) is 3.85. The summed E-state index contributed by atoms with van der Waals surface area (Å²) < 4.78 is 18.3. The summed E-state index contributed by atoms with van der Waals surface area (Å²) in [4.78, 5) is 8.61. The van der Waals surface area contributed by atoms with E-state index in [0.29, 0.717) is 30.9 Å². The predicted molar refractivity (Wildman–Crippen MR) is 78.2 cm³/mol. The Morgan fingerprint density at radius 1 is 1.38 bits per heavy atom. The largest absolute Gasteiger partial charge is 0.444 e. The van der Waals surface area contributed by atoms with E-state index in [0.717, 1.165) is 11.3 Å². The van der Waals surface area contributed by atoms with Crippen molar-refractivity contribution >= 4 is 5.96 Å². The SMILES string of the molecule is NC(=NCCc1coc(-c2ccc(F)cc2)n1)NC1CC1. The van der Waals surface area contributed by atoms with Gasteiger partial charge in [0.1, 0.15) is 12.1 Å². The third kappa shape index (κ3) is 3.81. The normalized spacial score (nSPS) is 15.2. The molecule has 1 fully saturated rings. The highest BCUT2D eigenvalue weighted by Crippen LogP contribution is 2.19. The van der Waals surface area contributed by atoms with Crippen LogP contribution >= 0.6 is 0 Å². The number of halogens is 1. The van der Waals surface area contributed by atoms with Gasteiger partial charge < -0.3 is 15.5 Å². The summed E-state index contributed by atoms with van der Waals surface area (Å²) in [5.74, 6) is 0.691. The minimum atomic E-state index is -0.279. The van der Waals surface area contributed by atoms with Gasteiger partial charge in [-0.25, -0.2) is 9.37 Å². The molecule has 2 aromatic rings. The Balaban J connectivity index is 1.56. The van der Waals surface area contributed by atoms with Crippen LogP contribution in [0.25, 0.3) is 11.5 Å². The molecule has 5 nitrogen and oxygen atoms in total. The monoisotopic (exact) mass is 288 g/mol. The summed E-state index contributed by atoms with van der Waals surface area (Å²) in [5, 5.41) is 3.12. The zero-order valence-corrected chi connectivity index (χ0v) is 11.6. The minimum absolute atomic E-state index is 0.279. The summed E-state index contributed by atoms with van der Waals surface area (Å²) in [6.07, 6.45) is 4.58. The third-order valence-corrected chi connectivity index (χ3v) is 3.22. The lowest BCUT2D eigenvalue weighted by Gasteiger charge is -2.01. The van der Waals surface area contributed by atoms with Gasteiger partial charge in [0.15, 0.2) is 5.96 Å². The van der Waals surface area contributed by atoms with Crippen molar-refractivity contribution in [3.63, 3.8) is 0 Å². The first-order valence-corrected chi connectivity index (χ1v) is 6.97.